The molecule has 20 heavy (non-hydrogen) atoms. The van der Waals surface area contributed by atoms with E-state index in [4.69, 9.17) is 0 Å². The predicted octanol–water partition coefficient (Wildman–Crippen LogP) is 3.77. The second-order valence-electron chi connectivity index (χ2n) is 6.43. The lowest BCUT2D eigenvalue weighted by Crippen LogP contribution is -2.21. The van der Waals surface area contributed by atoms with Gasteiger partial charge in [-0.25, -0.2) is 0 Å². The third-order valence-electron chi connectivity index (χ3n) is 5.70. The fourth-order valence-corrected chi connectivity index (χ4v) is 4.75. The van der Waals surface area contributed by atoms with Crippen LogP contribution in [0.2, 0.25) is 0 Å². The molecule has 0 bridgehead atoms. The molecule has 0 heterocycles. The van der Waals surface area contributed by atoms with E-state index in [9.17, 15) is 9.90 Å². The average Bonchev–Trinajstić information content (AvgIpc) is 3.11. The molecule has 1 aromatic rings. The molecule has 4 atom stereocenters. The van der Waals surface area contributed by atoms with E-state index in [1.54, 1.807) is 0 Å². The van der Waals surface area contributed by atoms with Crippen molar-refractivity contribution >= 4 is 5.97 Å². The first-order chi connectivity index (χ1) is 9.70. The molecule has 1 saturated carbocycles. The fraction of sp³-hybridized carbons (Fsp3) is 0.389. The van der Waals surface area contributed by atoms with Crippen molar-refractivity contribution in [2.45, 2.75) is 25.2 Å². The van der Waals surface area contributed by atoms with Crippen LogP contribution in [-0.4, -0.2) is 11.1 Å². The average molecular weight is 266 g/mol. The van der Waals surface area contributed by atoms with Crippen molar-refractivity contribution in [3.8, 4) is 0 Å². The number of hydrogen-bond acceptors (Lipinski definition) is 1. The van der Waals surface area contributed by atoms with Crippen molar-refractivity contribution in [3.63, 3.8) is 0 Å². The number of carboxylic acid groups (broad SMARTS) is 1. The van der Waals surface area contributed by atoms with Gasteiger partial charge >= 0.3 is 5.97 Å². The van der Waals surface area contributed by atoms with Crippen molar-refractivity contribution in [2.24, 2.45) is 16.7 Å². The van der Waals surface area contributed by atoms with Gasteiger partial charge in [0.2, 0.25) is 0 Å². The summed E-state index contributed by atoms with van der Waals surface area (Å²) in [5.41, 5.74) is 1.17. The first kappa shape index (κ1) is 12.0. The predicted molar refractivity (Wildman–Crippen MR) is 77.3 cm³/mol. The van der Waals surface area contributed by atoms with Gasteiger partial charge in [-0.1, -0.05) is 54.6 Å². The highest BCUT2D eigenvalue weighted by molar-refractivity contribution is 5.79. The quantitative estimate of drug-likeness (QED) is 0.827. The maximum absolute atomic E-state index is 11.7. The highest BCUT2D eigenvalue weighted by Crippen LogP contribution is 2.79. The minimum Gasteiger partial charge on any atom is -0.481 e. The van der Waals surface area contributed by atoms with Gasteiger partial charge in [0.1, 0.15) is 0 Å². The molecule has 0 amide bonds. The van der Waals surface area contributed by atoms with Crippen molar-refractivity contribution in [1.29, 1.82) is 0 Å². The molecule has 102 valence electrons. The van der Waals surface area contributed by atoms with E-state index in [0.29, 0.717) is 5.92 Å². The minimum atomic E-state index is -0.618. The van der Waals surface area contributed by atoms with E-state index >= 15 is 0 Å². The van der Waals surface area contributed by atoms with Crippen molar-refractivity contribution < 1.29 is 9.90 Å². The molecule has 1 aromatic carbocycles. The number of hydrogen-bond donors (Lipinski definition) is 1. The van der Waals surface area contributed by atoms with E-state index in [-0.39, 0.29) is 16.7 Å². The maximum Gasteiger partial charge on any atom is 0.308 e. The summed E-state index contributed by atoms with van der Waals surface area (Å²) in [7, 11) is 0. The van der Waals surface area contributed by atoms with E-state index < -0.39 is 5.97 Å². The van der Waals surface area contributed by atoms with Gasteiger partial charge in [0.15, 0.2) is 0 Å². The normalized spacial score (nSPS) is 40.8. The number of carboxylic acids is 1. The van der Waals surface area contributed by atoms with Crippen molar-refractivity contribution in [1.82, 2.24) is 0 Å². The van der Waals surface area contributed by atoms with Crippen molar-refractivity contribution in [2.75, 3.05) is 0 Å². The van der Waals surface area contributed by atoms with Crippen LogP contribution in [0, 0.1) is 16.7 Å². The lowest BCUT2D eigenvalue weighted by atomic mass is 9.72. The Morgan fingerprint density at radius 3 is 2.65 bits per heavy atom. The number of allylic oxidation sites excluding steroid dienone is 4. The Hall–Kier alpha value is -1.83. The van der Waals surface area contributed by atoms with Gasteiger partial charge in [0.25, 0.3) is 0 Å². The number of benzene rings is 1. The van der Waals surface area contributed by atoms with E-state index in [1.165, 1.54) is 5.56 Å². The van der Waals surface area contributed by atoms with Crippen LogP contribution in [0.25, 0.3) is 0 Å². The van der Waals surface area contributed by atoms with Crippen LogP contribution in [-0.2, 0) is 4.79 Å². The molecule has 0 aliphatic heterocycles. The summed E-state index contributed by atoms with van der Waals surface area (Å²) in [6.07, 6.45) is 11.6. The second-order valence-corrected chi connectivity index (χ2v) is 6.43. The van der Waals surface area contributed by atoms with E-state index in [1.807, 2.05) is 6.07 Å². The van der Waals surface area contributed by atoms with Gasteiger partial charge in [-0.3, -0.25) is 4.79 Å². The Balaban J connectivity index is 1.73. The minimum absolute atomic E-state index is 0.0388. The Morgan fingerprint density at radius 2 is 1.90 bits per heavy atom. The van der Waals surface area contributed by atoms with Gasteiger partial charge in [0, 0.05) is 11.3 Å². The Labute approximate surface area is 118 Å². The molecule has 1 N–H and O–H groups in total. The third kappa shape index (κ3) is 1.32. The molecule has 0 radical (unpaired) electrons. The summed E-state index contributed by atoms with van der Waals surface area (Å²) >= 11 is 0. The molecule has 2 nitrogen and oxygen atoms in total. The Bertz CT molecular complexity index is 616. The molecular formula is C18H18O2. The lowest BCUT2D eigenvalue weighted by Gasteiger charge is -2.32. The van der Waals surface area contributed by atoms with Crippen LogP contribution in [0.15, 0.2) is 54.6 Å². The standard InChI is InChI=1S/C18H18O2/c19-16(20)15-17-9-4-5-10-18(15,17)12-14(8-11-17)13-6-2-1-3-7-13/h1-8,11,14-15H,9-10,12H2,(H,19,20)/t14-,15?,17+,18-/m1/s1. The zero-order valence-corrected chi connectivity index (χ0v) is 11.3. The van der Waals surface area contributed by atoms with Crippen LogP contribution in [0.5, 0.6) is 0 Å². The first-order valence-electron chi connectivity index (χ1n) is 7.32. The van der Waals surface area contributed by atoms with Gasteiger partial charge in [0.05, 0.1) is 5.92 Å². The van der Waals surface area contributed by atoms with Crippen LogP contribution >= 0.6 is 0 Å². The van der Waals surface area contributed by atoms with E-state index in [2.05, 4.69) is 48.6 Å². The summed E-state index contributed by atoms with van der Waals surface area (Å²) in [6.45, 7) is 0. The smallest absolute Gasteiger partial charge is 0.308 e. The van der Waals surface area contributed by atoms with Gasteiger partial charge < -0.3 is 5.11 Å². The van der Waals surface area contributed by atoms with Crippen LogP contribution in [0.3, 0.4) is 0 Å². The van der Waals surface area contributed by atoms with Gasteiger partial charge in [-0.2, -0.15) is 0 Å². The molecular weight excluding hydrogens is 248 g/mol. The summed E-state index contributed by atoms with van der Waals surface area (Å²) in [4.78, 5) is 11.7. The summed E-state index contributed by atoms with van der Waals surface area (Å²) < 4.78 is 0. The highest BCUT2D eigenvalue weighted by Gasteiger charge is 2.78. The maximum atomic E-state index is 11.7. The van der Waals surface area contributed by atoms with Crippen LogP contribution in [0.4, 0.5) is 0 Å². The van der Waals surface area contributed by atoms with Crippen LogP contribution in [0.1, 0.15) is 30.7 Å². The molecule has 0 saturated heterocycles. The highest BCUT2D eigenvalue weighted by atomic mass is 16.4. The number of aliphatic carboxylic acids is 1. The van der Waals surface area contributed by atoms with Gasteiger partial charge in [-0.15, -0.1) is 0 Å². The second kappa shape index (κ2) is 3.85. The molecule has 0 spiro atoms. The first-order valence-corrected chi connectivity index (χ1v) is 7.32. The number of carbonyl (C=O) groups is 1. The SMILES string of the molecule is O=C(O)C1[C@]23CC=CC[C@]12C=C[C@@H](c1ccccc1)C3. The molecule has 3 aliphatic carbocycles. The lowest BCUT2D eigenvalue weighted by molar-refractivity contribution is -0.139. The Morgan fingerprint density at radius 1 is 1.15 bits per heavy atom. The molecule has 1 fully saturated rings. The topological polar surface area (TPSA) is 37.3 Å². The van der Waals surface area contributed by atoms with E-state index in [0.717, 1.165) is 19.3 Å². The molecule has 0 aromatic heterocycles. The molecule has 1 unspecified atom stereocenters. The Kier molecular flexibility index (Phi) is 2.30. The summed E-state index contributed by atoms with van der Waals surface area (Å²) in [5.74, 6) is -0.456. The molecule has 3 aliphatic rings. The number of rotatable bonds is 2. The third-order valence-corrected chi connectivity index (χ3v) is 5.70. The van der Waals surface area contributed by atoms with Gasteiger partial charge in [-0.05, 0) is 30.2 Å². The van der Waals surface area contributed by atoms with Crippen LogP contribution < -0.4 is 0 Å². The summed E-state index contributed by atoms with van der Waals surface area (Å²) in [6, 6.07) is 10.4. The monoisotopic (exact) mass is 266 g/mol. The fourth-order valence-electron chi connectivity index (χ4n) is 4.75. The zero-order valence-electron chi connectivity index (χ0n) is 11.3. The molecule has 2 heteroatoms. The molecule has 4 rings (SSSR count). The largest absolute Gasteiger partial charge is 0.481 e. The summed E-state index contributed by atoms with van der Waals surface area (Å²) in [5, 5.41) is 9.60. The van der Waals surface area contributed by atoms with Crippen molar-refractivity contribution in [3.05, 3.63) is 60.2 Å². The zero-order chi connectivity index (χ0) is 13.8.